The minimum absolute atomic E-state index is 0.0925. The molecule has 0 bridgehead atoms. The Labute approximate surface area is 183 Å². The van der Waals surface area contributed by atoms with Crippen molar-refractivity contribution < 1.29 is 14.3 Å². The number of amides is 2. The monoisotopic (exact) mass is 416 g/mol. The first-order chi connectivity index (χ1) is 15.2. The van der Waals surface area contributed by atoms with E-state index < -0.39 is 0 Å². The summed E-state index contributed by atoms with van der Waals surface area (Å²) in [6.07, 6.45) is 0.516. The topological polar surface area (TPSA) is 67.4 Å². The van der Waals surface area contributed by atoms with E-state index in [0.717, 1.165) is 22.4 Å². The van der Waals surface area contributed by atoms with Crippen molar-refractivity contribution in [2.45, 2.75) is 25.8 Å². The van der Waals surface area contributed by atoms with Crippen LogP contribution in [-0.2, 0) is 16.0 Å². The number of hydrogen-bond donors (Lipinski definition) is 2. The molecule has 5 heteroatoms. The van der Waals surface area contributed by atoms with Crippen LogP contribution in [0.4, 0.5) is 0 Å². The molecular weight excluding hydrogens is 388 g/mol. The van der Waals surface area contributed by atoms with Gasteiger partial charge in [-0.3, -0.25) is 9.59 Å². The van der Waals surface area contributed by atoms with E-state index in [9.17, 15) is 9.59 Å². The highest BCUT2D eigenvalue weighted by Crippen LogP contribution is 2.24. The van der Waals surface area contributed by atoms with E-state index in [2.05, 4.69) is 10.6 Å². The van der Waals surface area contributed by atoms with Crippen molar-refractivity contribution in [2.24, 2.45) is 0 Å². The molecule has 0 aromatic heterocycles. The summed E-state index contributed by atoms with van der Waals surface area (Å²) in [5.41, 5.74) is 2.91. The average molecular weight is 417 g/mol. The van der Waals surface area contributed by atoms with Crippen molar-refractivity contribution in [2.75, 3.05) is 13.2 Å². The van der Waals surface area contributed by atoms with Gasteiger partial charge in [0.15, 0.2) is 0 Å². The van der Waals surface area contributed by atoms with Gasteiger partial charge in [-0.05, 0) is 35.7 Å². The van der Waals surface area contributed by atoms with Crippen LogP contribution in [0.25, 0.3) is 0 Å². The minimum Gasteiger partial charge on any atom is -0.494 e. The Kier molecular flexibility index (Phi) is 8.23. The molecule has 0 saturated heterocycles. The molecule has 5 nitrogen and oxygen atoms in total. The van der Waals surface area contributed by atoms with E-state index in [0.29, 0.717) is 19.6 Å². The smallest absolute Gasteiger partial charge is 0.224 e. The van der Waals surface area contributed by atoms with Crippen molar-refractivity contribution >= 4 is 11.8 Å². The molecule has 0 saturated carbocycles. The fourth-order valence-corrected chi connectivity index (χ4v) is 3.32. The van der Waals surface area contributed by atoms with Crippen LogP contribution in [0.3, 0.4) is 0 Å². The molecule has 0 spiro atoms. The van der Waals surface area contributed by atoms with Crippen LogP contribution in [0.2, 0.25) is 0 Å². The molecule has 3 rings (SSSR count). The van der Waals surface area contributed by atoms with Gasteiger partial charge in [-0.1, -0.05) is 72.8 Å². The number of nitrogens with one attached hydrogen (secondary N) is 2. The Bertz CT molecular complexity index is 957. The van der Waals surface area contributed by atoms with E-state index in [4.69, 9.17) is 4.74 Å². The lowest BCUT2D eigenvalue weighted by atomic mass is 9.98. The molecular formula is C26H28N2O3. The van der Waals surface area contributed by atoms with Crippen molar-refractivity contribution in [3.05, 3.63) is 102 Å². The molecule has 160 valence electrons. The Morgan fingerprint density at radius 2 is 1.42 bits per heavy atom. The maximum Gasteiger partial charge on any atom is 0.224 e. The first kappa shape index (κ1) is 22.1. The molecule has 0 unspecified atom stereocenters. The Hall–Kier alpha value is -3.60. The molecule has 3 aromatic carbocycles. The number of hydrogen-bond acceptors (Lipinski definition) is 3. The molecule has 0 aliphatic heterocycles. The van der Waals surface area contributed by atoms with Crippen LogP contribution >= 0.6 is 0 Å². The summed E-state index contributed by atoms with van der Waals surface area (Å²) in [5, 5.41) is 5.91. The molecule has 31 heavy (non-hydrogen) atoms. The van der Waals surface area contributed by atoms with Gasteiger partial charge in [-0.2, -0.15) is 0 Å². The standard InChI is InChI=1S/C26H28N2O3/c1-2-31-23-15-13-22(14-16-23)26(21-11-7-4-8-12-21)28-24(29)17-18-27-25(30)19-20-9-5-3-6-10-20/h3-16,26H,2,17-19H2,1H3,(H,27,30)(H,28,29)/t26-/m0/s1. The zero-order valence-corrected chi connectivity index (χ0v) is 17.7. The van der Waals surface area contributed by atoms with E-state index in [1.54, 1.807) is 0 Å². The first-order valence-electron chi connectivity index (χ1n) is 10.5. The fourth-order valence-electron chi connectivity index (χ4n) is 3.32. The largest absolute Gasteiger partial charge is 0.494 e. The normalized spacial score (nSPS) is 11.4. The molecule has 2 amide bonds. The Morgan fingerprint density at radius 3 is 2.06 bits per heavy atom. The number of ether oxygens (including phenoxy) is 1. The minimum atomic E-state index is -0.274. The summed E-state index contributed by atoms with van der Waals surface area (Å²) in [6.45, 7) is 2.84. The van der Waals surface area contributed by atoms with Gasteiger partial charge >= 0.3 is 0 Å². The molecule has 3 aromatic rings. The van der Waals surface area contributed by atoms with Crippen LogP contribution < -0.4 is 15.4 Å². The van der Waals surface area contributed by atoms with Gasteiger partial charge in [0.1, 0.15) is 5.75 Å². The molecule has 1 atom stereocenters. The molecule has 0 aliphatic rings. The predicted molar refractivity (Wildman–Crippen MR) is 122 cm³/mol. The maximum absolute atomic E-state index is 12.6. The third-order valence-electron chi connectivity index (χ3n) is 4.84. The SMILES string of the molecule is CCOc1ccc([C@@H](NC(=O)CCNC(=O)Cc2ccccc2)c2ccccc2)cc1. The predicted octanol–water partition coefficient (Wildman–Crippen LogP) is 4.04. The molecule has 0 fully saturated rings. The van der Waals surface area contributed by atoms with Crippen LogP contribution in [0, 0.1) is 0 Å². The van der Waals surface area contributed by atoms with E-state index in [-0.39, 0.29) is 24.3 Å². The Balaban J connectivity index is 1.57. The summed E-state index contributed by atoms with van der Waals surface area (Å²) >= 11 is 0. The average Bonchev–Trinajstić information content (AvgIpc) is 2.79. The Morgan fingerprint density at radius 1 is 0.806 bits per heavy atom. The highest BCUT2D eigenvalue weighted by molar-refractivity contribution is 5.80. The van der Waals surface area contributed by atoms with Gasteiger partial charge < -0.3 is 15.4 Å². The fraction of sp³-hybridized carbons (Fsp3) is 0.231. The summed E-state index contributed by atoms with van der Waals surface area (Å²) in [5.74, 6) is 0.582. The van der Waals surface area contributed by atoms with Gasteiger partial charge in [0.05, 0.1) is 19.1 Å². The van der Waals surface area contributed by atoms with E-state index >= 15 is 0 Å². The number of benzene rings is 3. The summed E-state index contributed by atoms with van der Waals surface area (Å²) in [4.78, 5) is 24.7. The van der Waals surface area contributed by atoms with Crippen molar-refractivity contribution in [1.29, 1.82) is 0 Å². The van der Waals surface area contributed by atoms with Crippen molar-refractivity contribution in [3.8, 4) is 5.75 Å². The van der Waals surface area contributed by atoms with Gasteiger partial charge in [0, 0.05) is 13.0 Å². The van der Waals surface area contributed by atoms with Crippen LogP contribution in [0.1, 0.15) is 36.1 Å². The van der Waals surface area contributed by atoms with Crippen molar-refractivity contribution in [3.63, 3.8) is 0 Å². The van der Waals surface area contributed by atoms with Crippen LogP contribution in [0.15, 0.2) is 84.9 Å². The van der Waals surface area contributed by atoms with Crippen LogP contribution in [0.5, 0.6) is 5.75 Å². The summed E-state index contributed by atoms with van der Waals surface area (Å²) < 4.78 is 5.52. The zero-order valence-electron chi connectivity index (χ0n) is 17.7. The number of rotatable bonds is 10. The quantitative estimate of drug-likeness (QED) is 0.524. The second kappa shape index (κ2) is 11.6. The summed E-state index contributed by atoms with van der Waals surface area (Å²) in [7, 11) is 0. The first-order valence-corrected chi connectivity index (χ1v) is 10.5. The lowest BCUT2D eigenvalue weighted by Gasteiger charge is -2.20. The molecule has 0 heterocycles. The lowest BCUT2D eigenvalue weighted by Crippen LogP contribution is -2.33. The van der Waals surface area contributed by atoms with E-state index in [1.807, 2.05) is 91.9 Å². The van der Waals surface area contributed by atoms with Gasteiger partial charge in [0.25, 0.3) is 0 Å². The molecule has 2 N–H and O–H groups in total. The third-order valence-corrected chi connectivity index (χ3v) is 4.84. The van der Waals surface area contributed by atoms with Gasteiger partial charge in [-0.15, -0.1) is 0 Å². The summed E-state index contributed by atoms with van der Waals surface area (Å²) in [6, 6.07) is 26.8. The van der Waals surface area contributed by atoms with E-state index in [1.165, 1.54) is 0 Å². The number of carbonyl (C=O) groups excluding carboxylic acids is 2. The maximum atomic E-state index is 12.6. The highest BCUT2D eigenvalue weighted by atomic mass is 16.5. The van der Waals surface area contributed by atoms with Crippen molar-refractivity contribution in [1.82, 2.24) is 10.6 Å². The van der Waals surface area contributed by atoms with Gasteiger partial charge in [-0.25, -0.2) is 0 Å². The van der Waals surface area contributed by atoms with Crippen LogP contribution in [-0.4, -0.2) is 25.0 Å². The second-order valence-corrected chi connectivity index (χ2v) is 7.18. The molecule has 0 radical (unpaired) electrons. The van der Waals surface area contributed by atoms with Gasteiger partial charge in [0.2, 0.25) is 11.8 Å². The zero-order chi connectivity index (χ0) is 21.9. The lowest BCUT2D eigenvalue weighted by molar-refractivity contribution is -0.122. The molecule has 0 aliphatic carbocycles. The second-order valence-electron chi connectivity index (χ2n) is 7.18. The highest BCUT2D eigenvalue weighted by Gasteiger charge is 2.17. The third kappa shape index (κ3) is 7.00. The number of carbonyl (C=O) groups is 2.